The SMILES string of the molecule is COc1ccc(CN2C(=O)C(c3ccccc3)OC[C@H]2C)cc1.COc1ccc(CN2C[C@@H](c3ccccc3)OC[C@H]2C)cc1.COc1ccc(CN[C@H](C)CO)cc1.C[C@@H](N)CO.C[C@@H]1CO[C@H](c2ccccc2)CN1.C[C@@H]1CO[C@H](c2ccccc2)CN1c1nc(-c2ccncc2F)cc(=O)n1C.Cl. The topological polar surface area (TPSA) is 230 Å². The zero-order valence-electron chi connectivity index (χ0n) is 62.7. The highest BCUT2D eigenvalue weighted by atomic mass is 35.5. The summed E-state index contributed by atoms with van der Waals surface area (Å²) < 4.78 is 54.7. The number of amides is 1. The van der Waals surface area contributed by atoms with E-state index in [1.165, 1.54) is 45.2 Å². The Morgan fingerprint density at radius 2 is 1.05 bits per heavy atom. The van der Waals surface area contributed by atoms with Crippen molar-refractivity contribution in [2.75, 3.05) is 85.5 Å². The van der Waals surface area contributed by atoms with Crippen LogP contribution in [0.25, 0.3) is 11.3 Å². The third kappa shape index (κ3) is 25.9. The molecule has 4 aliphatic rings. The zero-order valence-corrected chi connectivity index (χ0v) is 63.5. The van der Waals surface area contributed by atoms with Crippen molar-refractivity contribution in [2.24, 2.45) is 12.8 Å². The Balaban J connectivity index is 0.000000186. The third-order valence-electron chi connectivity index (χ3n) is 18.2. The van der Waals surface area contributed by atoms with Gasteiger partial charge in [-0.3, -0.25) is 24.0 Å². The van der Waals surface area contributed by atoms with Crippen LogP contribution in [0, 0.1) is 5.82 Å². The predicted octanol–water partition coefficient (Wildman–Crippen LogP) is 12.4. The van der Waals surface area contributed by atoms with E-state index in [9.17, 15) is 14.0 Å². The van der Waals surface area contributed by atoms with Crippen molar-refractivity contribution in [3.63, 3.8) is 0 Å². The molecule has 2 aromatic heterocycles. The first-order valence-electron chi connectivity index (χ1n) is 35.9. The van der Waals surface area contributed by atoms with Crippen LogP contribution in [0.4, 0.5) is 10.3 Å². The number of methoxy groups -OCH3 is 3. The van der Waals surface area contributed by atoms with Crippen molar-refractivity contribution in [1.82, 2.24) is 35.0 Å². The van der Waals surface area contributed by atoms with E-state index in [-0.39, 0.29) is 85.1 Å². The molecule has 7 aromatic carbocycles. The summed E-state index contributed by atoms with van der Waals surface area (Å²) in [5, 5.41) is 23.4. The lowest BCUT2D eigenvalue weighted by Crippen LogP contribution is -2.48. The number of nitrogens with one attached hydrogen (secondary N) is 2. The van der Waals surface area contributed by atoms with Gasteiger partial charge in [-0.15, -0.1) is 12.4 Å². The number of hydrogen-bond acceptors (Lipinski definition) is 18. The molecule has 0 saturated carbocycles. The summed E-state index contributed by atoms with van der Waals surface area (Å²) in [7, 11) is 6.68. The first-order valence-corrected chi connectivity index (χ1v) is 35.9. The maximum Gasteiger partial charge on any atom is 0.256 e. The summed E-state index contributed by atoms with van der Waals surface area (Å²) in [5.41, 5.74) is 13.4. The smallest absolute Gasteiger partial charge is 0.256 e. The molecule has 22 heteroatoms. The molecule has 4 aliphatic heterocycles. The lowest BCUT2D eigenvalue weighted by atomic mass is 10.0. The average molecular weight is 1470 g/mol. The van der Waals surface area contributed by atoms with E-state index in [1.54, 1.807) is 35.3 Å². The normalized spacial score (nSPS) is 20.3. The lowest BCUT2D eigenvalue weighted by Gasteiger charge is -2.39. The number of morpholine rings is 4. The Kier molecular flexibility index (Phi) is 35.2. The fourth-order valence-electron chi connectivity index (χ4n) is 11.7. The summed E-state index contributed by atoms with van der Waals surface area (Å²) in [5.74, 6) is 2.59. The monoisotopic (exact) mass is 1470 g/mol. The van der Waals surface area contributed by atoms with E-state index in [0.29, 0.717) is 50.0 Å². The molecule has 0 radical (unpaired) electrons. The van der Waals surface area contributed by atoms with Crippen LogP contribution in [0.5, 0.6) is 17.2 Å². The van der Waals surface area contributed by atoms with E-state index in [1.807, 2.05) is 164 Å². The first-order chi connectivity index (χ1) is 50.9. The molecule has 1 unspecified atom stereocenters. The van der Waals surface area contributed by atoms with Crippen LogP contribution < -0.4 is 41.0 Å². The molecular formula is C84H107ClFN9O11. The van der Waals surface area contributed by atoms with Gasteiger partial charge in [-0.25, -0.2) is 9.37 Å². The molecule has 1 amide bonds. The van der Waals surface area contributed by atoms with Gasteiger partial charge >= 0.3 is 0 Å². The van der Waals surface area contributed by atoms with Gasteiger partial charge in [0.25, 0.3) is 11.5 Å². The number of aromatic nitrogens is 3. The molecule has 20 nitrogen and oxygen atoms in total. The van der Waals surface area contributed by atoms with E-state index in [4.69, 9.17) is 49.1 Å². The molecule has 4 saturated heterocycles. The molecule has 6 N–H and O–H groups in total. The highest BCUT2D eigenvalue weighted by Gasteiger charge is 2.36. The van der Waals surface area contributed by atoms with Crippen LogP contribution in [-0.2, 0) is 50.4 Å². The molecule has 6 heterocycles. The quantitative estimate of drug-likeness (QED) is 0.0538. The maximum absolute atomic E-state index is 14.2. The molecule has 0 spiro atoms. The predicted molar refractivity (Wildman–Crippen MR) is 418 cm³/mol. The second kappa shape index (κ2) is 44.2. The highest BCUT2D eigenvalue weighted by molar-refractivity contribution is 5.85. The Hall–Kier alpha value is -8.94. The van der Waals surface area contributed by atoms with Gasteiger partial charge in [0, 0.05) is 81.8 Å². The van der Waals surface area contributed by atoms with Crippen LogP contribution in [0.15, 0.2) is 223 Å². The number of aliphatic hydroxyl groups excluding tert-OH is 2. The maximum atomic E-state index is 14.2. The lowest BCUT2D eigenvalue weighted by molar-refractivity contribution is -0.160. The van der Waals surface area contributed by atoms with E-state index in [2.05, 4.69) is 100 Å². The number of hydrogen-bond donors (Lipinski definition) is 5. The molecule has 10 atom stereocenters. The zero-order chi connectivity index (χ0) is 75.0. The van der Waals surface area contributed by atoms with Crippen molar-refractivity contribution in [3.8, 4) is 28.5 Å². The number of ether oxygens (including phenoxy) is 7. The minimum atomic E-state index is -0.509. The highest BCUT2D eigenvalue weighted by Crippen LogP contribution is 2.32. The molecule has 0 aliphatic carbocycles. The third-order valence-corrected chi connectivity index (χ3v) is 18.2. The summed E-state index contributed by atoms with van der Waals surface area (Å²) in [6.45, 7) is 19.7. The second-order valence-electron chi connectivity index (χ2n) is 26.6. The van der Waals surface area contributed by atoms with Gasteiger partial charge < -0.3 is 69.5 Å². The van der Waals surface area contributed by atoms with Crippen molar-refractivity contribution >= 4 is 24.3 Å². The number of carbonyl (C=O) groups excluding carboxylic acids is 1. The van der Waals surface area contributed by atoms with Gasteiger partial charge in [-0.05, 0) is 123 Å². The van der Waals surface area contributed by atoms with Crippen molar-refractivity contribution in [3.05, 3.63) is 274 Å². The molecular weight excluding hydrogens is 1370 g/mol. The largest absolute Gasteiger partial charge is 0.497 e. The number of anilines is 1. The Morgan fingerprint density at radius 1 is 0.585 bits per heavy atom. The average Bonchev–Trinajstić information content (AvgIpc) is 0.789. The van der Waals surface area contributed by atoms with Crippen LogP contribution in [0.3, 0.4) is 0 Å². The molecule has 0 bridgehead atoms. The fourth-order valence-corrected chi connectivity index (χ4v) is 11.7. The first kappa shape index (κ1) is 84.3. The number of rotatable bonds is 18. The standard InChI is InChI=1S/C21H21FN4O2.C19H21NO3.C19H23NO2.C11H17NO2.C11H15NO.C3H9NO.ClH/c1-14-13-28-19(15-6-4-3-5-7-15)12-26(14)21-24-18(10-20(27)25(21)2)16-8-9-23-11-17(16)22;1-14-13-23-18(16-6-4-3-5-7-16)19(21)20(14)12-15-8-10-17(22-2)11-9-15;1-15-14-22-19(17-6-4-3-5-7-17)13-20(15)12-16-8-10-18(21-2)11-9-16;1-9(8-13)12-7-10-3-5-11(14-2)6-4-10;1-9-8-13-11(7-12-9)10-5-3-2-4-6-10;1-3(4)2-5;/h3-11,14,19H,12-13H2,1-2H3;3-11,14,18H,12-13H2,1-2H3;3-11,15,19H,12-14H2,1-2H3;3-6,9,12-13H,7-8H2,1-2H3;2-6,9,11-12H,7-8H2,1H3;3,5H,2,4H2,1H3;1H/t14-,19+;14-,18?;15-,19+;9-;9-,11+;3-;/m111111./s1. The second-order valence-corrected chi connectivity index (χ2v) is 26.6. The Morgan fingerprint density at radius 3 is 1.53 bits per heavy atom. The Labute approximate surface area is 631 Å². The van der Waals surface area contributed by atoms with Crippen LogP contribution in [-0.4, -0.2) is 157 Å². The summed E-state index contributed by atoms with van der Waals surface area (Å²) >= 11 is 0. The van der Waals surface area contributed by atoms with E-state index >= 15 is 0 Å². The number of aliphatic hydroxyl groups is 2. The van der Waals surface area contributed by atoms with E-state index < -0.39 is 11.9 Å². The molecule has 568 valence electrons. The van der Waals surface area contributed by atoms with Crippen LogP contribution >= 0.6 is 12.4 Å². The van der Waals surface area contributed by atoms with Crippen LogP contribution in [0.2, 0.25) is 0 Å². The van der Waals surface area contributed by atoms with Gasteiger partial charge in [-0.2, -0.15) is 0 Å². The van der Waals surface area contributed by atoms with Crippen molar-refractivity contribution in [1.29, 1.82) is 0 Å². The molecule has 9 aromatic rings. The fraction of sp³-hybridized carbons (Fsp3) is 0.381. The van der Waals surface area contributed by atoms with Crippen LogP contribution in [0.1, 0.15) is 105 Å². The summed E-state index contributed by atoms with van der Waals surface area (Å²) in [6, 6.07) is 68.4. The minimum Gasteiger partial charge on any atom is -0.497 e. The molecule has 13 rings (SSSR count). The minimum absolute atomic E-state index is 0. The summed E-state index contributed by atoms with van der Waals surface area (Å²) in [4.78, 5) is 40.2. The number of nitrogens with two attached hydrogens (primary N) is 1. The van der Waals surface area contributed by atoms with Gasteiger partial charge in [0.2, 0.25) is 5.95 Å². The van der Waals surface area contributed by atoms with Gasteiger partial charge in [0.05, 0.1) is 104 Å². The van der Waals surface area contributed by atoms with Crippen molar-refractivity contribution in [2.45, 2.75) is 122 Å². The molecule has 106 heavy (non-hydrogen) atoms. The number of carbonyl (C=O) groups is 1. The molecule has 4 fully saturated rings. The summed E-state index contributed by atoms with van der Waals surface area (Å²) in [6.07, 6.45) is 2.37. The van der Waals surface area contributed by atoms with Crippen molar-refractivity contribution < 1.29 is 52.6 Å². The number of benzene rings is 7. The van der Waals surface area contributed by atoms with E-state index in [0.717, 1.165) is 79.5 Å². The van der Waals surface area contributed by atoms with Gasteiger partial charge in [0.1, 0.15) is 23.4 Å². The number of nitrogens with zero attached hydrogens (tertiary/aromatic N) is 6. The van der Waals surface area contributed by atoms with Gasteiger partial charge in [-0.1, -0.05) is 158 Å². The number of halogens is 2. The number of pyridine rings is 1. The van der Waals surface area contributed by atoms with Gasteiger partial charge in [0.15, 0.2) is 11.9 Å². The Bertz CT molecular complexity index is 4000.